The summed E-state index contributed by atoms with van der Waals surface area (Å²) in [5, 5.41) is 19.7. The van der Waals surface area contributed by atoms with Crippen molar-refractivity contribution in [3.63, 3.8) is 0 Å². The summed E-state index contributed by atoms with van der Waals surface area (Å²) >= 11 is 0. The Kier molecular flexibility index (Phi) is 3.49. The molecule has 2 aromatic carbocycles. The topological polar surface area (TPSA) is 74.0 Å². The molecule has 138 valence electrons. The van der Waals surface area contributed by atoms with Crippen molar-refractivity contribution in [1.82, 2.24) is 4.98 Å². The van der Waals surface area contributed by atoms with Crippen molar-refractivity contribution >= 4 is 16.9 Å². The number of Topliss-reactive ketones (excluding diaryl/α,β-unsaturated/α-hetero) is 1. The van der Waals surface area contributed by atoms with Crippen LogP contribution in [0.1, 0.15) is 27.0 Å². The Balaban J connectivity index is 1.95. The molecule has 2 aliphatic rings. The van der Waals surface area contributed by atoms with Gasteiger partial charge in [-0.1, -0.05) is 18.2 Å². The largest absolute Gasteiger partial charge is 0.507 e. The number of pyridine rings is 1. The minimum Gasteiger partial charge on any atom is -0.507 e. The molecule has 0 spiro atoms. The molecule has 4 nitrogen and oxygen atoms in total. The molecule has 0 bridgehead atoms. The molecule has 0 radical (unpaired) electrons. The highest BCUT2D eigenvalue weighted by atomic mass is 19.2. The number of ketones is 1. The number of hydrogen-bond acceptors (Lipinski definition) is 4. The van der Waals surface area contributed by atoms with Gasteiger partial charge in [0, 0.05) is 45.7 Å². The number of phenolic OH excluding ortho intramolecular Hbond substituents is 1. The molecule has 1 N–H and O–H groups in total. The first-order chi connectivity index (χ1) is 14.0. The van der Waals surface area contributed by atoms with E-state index in [0.29, 0.717) is 28.0 Å². The number of nitriles is 1. The summed E-state index contributed by atoms with van der Waals surface area (Å²) in [6.07, 6.45) is 2.61. The number of nitrogens with zero attached hydrogens (tertiary/aromatic N) is 2. The molecule has 6 heteroatoms. The number of rotatable bonds is 0. The lowest BCUT2D eigenvalue weighted by atomic mass is 9.93. The zero-order valence-electron chi connectivity index (χ0n) is 14.7. The number of allylic oxidation sites excluding steroid dienone is 3. The van der Waals surface area contributed by atoms with Gasteiger partial charge >= 0.3 is 0 Å². The summed E-state index contributed by atoms with van der Waals surface area (Å²) in [5.41, 5.74) is 2.36. The predicted octanol–water partition coefficient (Wildman–Crippen LogP) is 4.65. The number of fused-ring (bicyclic) bond motifs is 4. The number of carbonyl (C=O) groups excluding carboxylic acids is 1. The average Bonchev–Trinajstić information content (AvgIpc) is 3.18. The molecule has 0 atom stereocenters. The van der Waals surface area contributed by atoms with Gasteiger partial charge in [-0.2, -0.15) is 5.26 Å². The van der Waals surface area contributed by atoms with Crippen LogP contribution in [-0.2, 0) is 0 Å². The van der Waals surface area contributed by atoms with Crippen molar-refractivity contribution in [2.45, 2.75) is 0 Å². The number of benzene rings is 2. The lowest BCUT2D eigenvalue weighted by Crippen LogP contribution is -2.00. The Labute approximate surface area is 163 Å². The van der Waals surface area contributed by atoms with Gasteiger partial charge in [-0.3, -0.25) is 9.78 Å². The van der Waals surface area contributed by atoms with E-state index in [-0.39, 0.29) is 28.0 Å². The van der Waals surface area contributed by atoms with Gasteiger partial charge in [-0.15, -0.1) is 0 Å². The second-order valence-corrected chi connectivity index (χ2v) is 6.65. The number of phenols is 1. The summed E-state index contributed by atoms with van der Waals surface area (Å²) in [6.45, 7) is 0. The zero-order chi connectivity index (χ0) is 20.3. The highest BCUT2D eigenvalue weighted by molar-refractivity contribution is 6.32. The second-order valence-electron chi connectivity index (χ2n) is 6.65. The SMILES string of the molecule is N#C/C=C1/C(=C2/c3cccnc3-c3c(O)cccc32)C(=O)c2ccc(F)c(F)c21. The lowest BCUT2D eigenvalue weighted by molar-refractivity contribution is 0.104. The fraction of sp³-hybridized carbons (Fsp3) is 0. The maximum Gasteiger partial charge on any atom is 0.195 e. The van der Waals surface area contributed by atoms with Crippen LogP contribution < -0.4 is 0 Å². The highest BCUT2D eigenvalue weighted by Gasteiger charge is 2.39. The van der Waals surface area contributed by atoms with Crippen LogP contribution in [0.15, 0.2) is 60.3 Å². The summed E-state index contributed by atoms with van der Waals surface area (Å²) in [4.78, 5) is 17.6. The number of aromatic nitrogens is 1. The Morgan fingerprint density at radius 3 is 2.55 bits per heavy atom. The fourth-order valence-corrected chi connectivity index (χ4v) is 4.06. The lowest BCUT2D eigenvalue weighted by Gasteiger charge is -2.09. The second kappa shape index (κ2) is 5.94. The number of hydrogen-bond donors (Lipinski definition) is 1. The Morgan fingerprint density at radius 1 is 0.966 bits per heavy atom. The molecule has 2 aliphatic carbocycles. The number of carbonyl (C=O) groups is 1. The molecule has 0 saturated heterocycles. The van der Waals surface area contributed by atoms with Crippen LogP contribution in [-0.4, -0.2) is 15.9 Å². The number of halogens is 2. The van der Waals surface area contributed by atoms with E-state index in [1.165, 1.54) is 12.1 Å². The van der Waals surface area contributed by atoms with E-state index in [0.717, 1.165) is 12.1 Å². The molecule has 29 heavy (non-hydrogen) atoms. The maximum absolute atomic E-state index is 14.6. The predicted molar refractivity (Wildman–Crippen MR) is 102 cm³/mol. The Morgan fingerprint density at radius 2 is 1.76 bits per heavy atom. The van der Waals surface area contributed by atoms with Gasteiger partial charge in [0.1, 0.15) is 5.75 Å². The average molecular weight is 384 g/mol. The van der Waals surface area contributed by atoms with Gasteiger partial charge in [0.05, 0.1) is 17.3 Å². The van der Waals surface area contributed by atoms with E-state index in [2.05, 4.69) is 4.98 Å². The van der Waals surface area contributed by atoms with Crippen LogP contribution in [0.3, 0.4) is 0 Å². The van der Waals surface area contributed by atoms with Gasteiger partial charge in [-0.05, 0) is 29.8 Å². The van der Waals surface area contributed by atoms with Crippen LogP contribution in [0.25, 0.3) is 22.4 Å². The first-order valence-electron chi connectivity index (χ1n) is 8.70. The molecule has 1 aromatic heterocycles. The quantitative estimate of drug-likeness (QED) is 0.354. The third-order valence-electron chi connectivity index (χ3n) is 5.19. The van der Waals surface area contributed by atoms with Crippen LogP contribution in [0.2, 0.25) is 0 Å². The summed E-state index contributed by atoms with van der Waals surface area (Å²) in [5.74, 6) is -2.79. The molecular weight excluding hydrogens is 374 g/mol. The standard InChI is InChI=1S/C23H10F2N2O2/c24-15-7-6-14-18(21(15)25)12(8-9-26)20(23(14)29)17-11-3-1-5-16(28)19(11)22-13(17)4-2-10-27-22/h1-8,10,28H/b12-8+,20-17-. The van der Waals surface area contributed by atoms with Crippen molar-refractivity contribution in [2.24, 2.45) is 0 Å². The molecule has 0 aliphatic heterocycles. The van der Waals surface area contributed by atoms with Crippen molar-refractivity contribution < 1.29 is 18.7 Å². The molecule has 0 unspecified atom stereocenters. The van der Waals surface area contributed by atoms with Gasteiger partial charge < -0.3 is 5.11 Å². The van der Waals surface area contributed by atoms with Crippen molar-refractivity contribution in [2.75, 3.05) is 0 Å². The van der Waals surface area contributed by atoms with Crippen LogP contribution in [0, 0.1) is 23.0 Å². The van der Waals surface area contributed by atoms with Crippen LogP contribution >= 0.6 is 0 Å². The normalized spacial score (nSPS) is 17.8. The summed E-state index contributed by atoms with van der Waals surface area (Å²) in [6, 6.07) is 12.2. The maximum atomic E-state index is 14.6. The van der Waals surface area contributed by atoms with E-state index in [1.54, 1.807) is 30.5 Å². The van der Waals surface area contributed by atoms with Gasteiger partial charge in [-0.25, -0.2) is 8.78 Å². The van der Waals surface area contributed by atoms with E-state index < -0.39 is 17.4 Å². The van der Waals surface area contributed by atoms with Gasteiger partial charge in [0.2, 0.25) is 0 Å². The fourth-order valence-electron chi connectivity index (χ4n) is 4.06. The van der Waals surface area contributed by atoms with E-state index in [9.17, 15) is 23.9 Å². The molecule has 5 rings (SSSR count). The van der Waals surface area contributed by atoms with Crippen molar-refractivity contribution in [3.05, 3.63) is 94.2 Å². The molecule has 1 heterocycles. The molecule has 0 amide bonds. The highest BCUT2D eigenvalue weighted by Crippen LogP contribution is 2.52. The number of aromatic hydroxyl groups is 1. The third kappa shape index (κ3) is 2.15. The molecule has 0 fully saturated rings. The van der Waals surface area contributed by atoms with Crippen molar-refractivity contribution in [3.8, 4) is 23.1 Å². The summed E-state index contributed by atoms with van der Waals surface area (Å²) < 4.78 is 28.5. The zero-order valence-corrected chi connectivity index (χ0v) is 14.7. The molecular formula is C23H10F2N2O2. The van der Waals surface area contributed by atoms with E-state index >= 15 is 0 Å². The van der Waals surface area contributed by atoms with Crippen molar-refractivity contribution in [1.29, 1.82) is 5.26 Å². The monoisotopic (exact) mass is 384 g/mol. The Bertz CT molecular complexity index is 1360. The first kappa shape index (κ1) is 17.0. The van der Waals surface area contributed by atoms with Gasteiger partial charge in [0.25, 0.3) is 0 Å². The minimum absolute atomic E-state index is 0.00746. The van der Waals surface area contributed by atoms with Gasteiger partial charge in [0.15, 0.2) is 17.4 Å². The molecule has 3 aromatic rings. The van der Waals surface area contributed by atoms with Crippen LogP contribution in [0.5, 0.6) is 5.75 Å². The van der Waals surface area contributed by atoms with E-state index in [1.807, 2.05) is 6.07 Å². The Hall–Kier alpha value is -4.11. The van der Waals surface area contributed by atoms with E-state index in [4.69, 9.17) is 0 Å². The third-order valence-corrected chi connectivity index (χ3v) is 5.19. The minimum atomic E-state index is -1.17. The summed E-state index contributed by atoms with van der Waals surface area (Å²) in [7, 11) is 0. The first-order valence-corrected chi connectivity index (χ1v) is 8.70. The molecule has 0 saturated carbocycles. The smallest absolute Gasteiger partial charge is 0.195 e. The van der Waals surface area contributed by atoms with Crippen LogP contribution in [0.4, 0.5) is 8.78 Å².